The monoisotopic (exact) mass is 349 g/mol. The summed E-state index contributed by atoms with van der Waals surface area (Å²) in [7, 11) is 0. The Kier molecular flexibility index (Phi) is 3.92. The van der Waals surface area contributed by atoms with Crippen molar-refractivity contribution in [2.45, 2.75) is 12.1 Å². The van der Waals surface area contributed by atoms with E-state index < -0.39 is 23.9 Å². The predicted octanol–water partition coefficient (Wildman–Crippen LogP) is 1.62. The van der Waals surface area contributed by atoms with Gasteiger partial charge in [0.05, 0.1) is 5.69 Å². The van der Waals surface area contributed by atoms with E-state index in [0.717, 1.165) is 4.90 Å². The zero-order valence-electron chi connectivity index (χ0n) is 13.6. The van der Waals surface area contributed by atoms with E-state index in [9.17, 15) is 14.4 Å². The summed E-state index contributed by atoms with van der Waals surface area (Å²) < 4.78 is 0. The molecule has 2 aliphatic heterocycles. The number of fused-ring (bicyclic) bond motifs is 1. The molecule has 0 unspecified atom stereocenters. The van der Waals surface area contributed by atoms with Gasteiger partial charge >= 0.3 is 0 Å². The van der Waals surface area contributed by atoms with Gasteiger partial charge in [0.2, 0.25) is 5.91 Å². The first kappa shape index (κ1) is 15.9. The minimum absolute atomic E-state index is 0.165. The molecule has 0 bridgehead atoms. The van der Waals surface area contributed by atoms with Crippen molar-refractivity contribution in [1.82, 2.24) is 5.01 Å². The Bertz CT molecular complexity index is 884. The van der Waals surface area contributed by atoms with Crippen LogP contribution in [0.15, 0.2) is 71.0 Å². The van der Waals surface area contributed by atoms with E-state index in [-0.39, 0.29) is 12.5 Å². The van der Waals surface area contributed by atoms with Crippen molar-refractivity contribution in [3.8, 4) is 0 Å². The van der Waals surface area contributed by atoms with Crippen LogP contribution < -0.4 is 10.2 Å². The van der Waals surface area contributed by atoms with Gasteiger partial charge in [-0.15, -0.1) is 0 Å². The molecule has 2 aliphatic rings. The number of para-hydroxylation sites is 2. The van der Waals surface area contributed by atoms with Crippen molar-refractivity contribution in [3.05, 3.63) is 60.7 Å². The summed E-state index contributed by atoms with van der Waals surface area (Å²) in [5.74, 6) is -1.20. The summed E-state index contributed by atoms with van der Waals surface area (Å²) in [5, 5.41) is 11.8. The highest BCUT2D eigenvalue weighted by Crippen LogP contribution is 2.31. The number of nitrogens with one attached hydrogen (secondary N) is 1. The van der Waals surface area contributed by atoms with Crippen LogP contribution in [0.5, 0.6) is 0 Å². The second kappa shape index (κ2) is 6.40. The molecule has 2 atom stereocenters. The average molecular weight is 349 g/mol. The lowest BCUT2D eigenvalue weighted by Crippen LogP contribution is -2.43. The molecule has 2 heterocycles. The van der Waals surface area contributed by atoms with Crippen molar-refractivity contribution in [2.75, 3.05) is 16.8 Å². The van der Waals surface area contributed by atoms with Crippen LogP contribution >= 0.6 is 0 Å². The molecule has 0 saturated carbocycles. The summed E-state index contributed by atoms with van der Waals surface area (Å²) in [6.45, 7) is -0.165. The van der Waals surface area contributed by atoms with Gasteiger partial charge in [-0.2, -0.15) is 5.11 Å². The van der Waals surface area contributed by atoms with Crippen LogP contribution in [-0.4, -0.2) is 41.4 Å². The first-order valence-electron chi connectivity index (χ1n) is 8.10. The number of carbonyl (C=O) groups is 3. The van der Waals surface area contributed by atoms with Crippen LogP contribution in [-0.2, 0) is 14.4 Å². The summed E-state index contributed by atoms with van der Waals surface area (Å²) >= 11 is 0. The molecule has 2 aromatic carbocycles. The normalized spacial score (nSPS) is 21.2. The van der Waals surface area contributed by atoms with Gasteiger partial charge in [-0.3, -0.25) is 19.4 Å². The second-order valence-corrected chi connectivity index (χ2v) is 5.95. The lowest BCUT2D eigenvalue weighted by Gasteiger charge is -2.20. The third-order valence-electron chi connectivity index (χ3n) is 4.24. The second-order valence-electron chi connectivity index (χ2n) is 5.95. The largest absolute Gasteiger partial charge is 0.324 e. The summed E-state index contributed by atoms with van der Waals surface area (Å²) in [6.07, 6.45) is 0. The van der Waals surface area contributed by atoms with Crippen molar-refractivity contribution in [3.63, 3.8) is 0 Å². The van der Waals surface area contributed by atoms with Crippen molar-refractivity contribution >= 4 is 29.1 Å². The maximum atomic E-state index is 12.8. The number of imide groups is 1. The fraction of sp³-hybridized carbons (Fsp3) is 0.167. The number of amides is 3. The maximum Gasteiger partial charge on any atom is 0.263 e. The number of nitrogens with zero attached hydrogens (tertiary/aromatic N) is 4. The molecular weight excluding hydrogens is 334 g/mol. The van der Waals surface area contributed by atoms with Gasteiger partial charge in [-0.25, -0.2) is 4.90 Å². The number of rotatable bonds is 4. The number of benzene rings is 2. The smallest absolute Gasteiger partial charge is 0.263 e. The fourth-order valence-corrected chi connectivity index (χ4v) is 3.05. The Hall–Kier alpha value is -3.55. The number of hydrogen-bond acceptors (Lipinski definition) is 6. The van der Waals surface area contributed by atoms with Gasteiger partial charge in [0, 0.05) is 5.69 Å². The summed E-state index contributed by atoms with van der Waals surface area (Å²) in [5.41, 5.74) is 1.13. The molecule has 8 heteroatoms. The fourth-order valence-electron chi connectivity index (χ4n) is 3.05. The first-order valence-corrected chi connectivity index (χ1v) is 8.10. The van der Waals surface area contributed by atoms with Gasteiger partial charge in [0.15, 0.2) is 12.1 Å². The Morgan fingerprint density at radius 1 is 0.962 bits per heavy atom. The van der Waals surface area contributed by atoms with E-state index in [2.05, 4.69) is 15.7 Å². The van der Waals surface area contributed by atoms with Crippen molar-refractivity contribution < 1.29 is 14.4 Å². The van der Waals surface area contributed by atoms with Crippen LogP contribution in [0.1, 0.15) is 0 Å². The molecule has 0 radical (unpaired) electrons. The van der Waals surface area contributed by atoms with E-state index in [1.54, 1.807) is 54.6 Å². The van der Waals surface area contributed by atoms with Crippen LogP contribution in [0.25, 0.3) is 0 Å². The van der Waals surface area contributed by atoms with Crippen LogP contribution in [0, 0.1) is 0 Å². The van der Waals surface area contributed by atoms with Crippen LogP contribution in [0.2, 0.25) is 0 Å². The molecule has 3 amide bonds. The molecule has 0 spiro atoms. The van der Waals surface area contributed by atoms with E-state index >= 15 is 0 Å². The number of anilines is 2. The Morgan fingerprint density at radius 3 is 2.31 bits per heavy atom. The topological polar surface area (TPSA) is 94.4 Å². The Labute approximate surface area is 149 Å². The molecule has 1 fully saturated rings. The molecular formula is C18H15N5O3. The van der Waals surface area contributed by atoms with Crippen molar-refractivity contribution in [2.24, 2.45) is 10.3 Å². The van der Waals surface area contributed by atoms with E-state index in [1.165, 1.54) is 5.01 Å². The Morgan fingerprint density at radius 2 is 1.62 bits per heavy atom. The first-order chi connectivity index (χ1) is 12.6. The molecule has 0 aromatic heterocycles. The predicted molar refractivity (Wildman–Crippen MR) is 93.1 cm³/mol. The summed E-state index contributed by atoms with van der Waals surface area (Å²) in [4.78, 5) is 38.6. The SMILES string of the molecule is O=C(CN1N=N[C@H]2C(=O)N(c3ccccc3)C(=O)[C@@H]21)Nc1ccccc1. The van der Waals surface area contributed by atoms with E-state index in [4.69, 9.17) is 0 Å². The third kappa shape index (κ3) is 2.71. The van der Waals surface area contributed by atoms with Crippen LogP contribution in [0.4, 0.5) is 11.4 Å². The van der Waals surface area contributed by atoms with E-state index in [0.29, 0.717) is 11.4 Å². The lowest BCUT2D eigenvalue weighted by molar-refractivity contribution is -0.123. The maximum absolute atomic E-state index is 12.8. The van der Waals surface area contributed by atoms with Gasteiger partial charge in [0.1, 0.15) is 6.54 Å². The van der Waals surface area contributed by atoms with Gasteiger partial charge in [-0.1, -0.05) is 41.6 Å². The zero-order valence-corrected chi connectivity index (χ0v) is 13.6. The molecule has 26 heavy (non-hydrogen) atoms. The Balaban J connectivity index is 1.49. The molecule has 1 saturated heterocycles. The summed E-state index contributed by atoms with van der Waals surface area (Å²) in [6, 6.07) is 15.8. The minimum atomic E-state index is -0.910. The standard InChI is InChI=1S/C18H15N5O3/c24-14(19-12-7-3-1-4-8-12)11-22-16-15(20-21-22)17(25)23(18(16)26)13-9-5-2-6-10-13/h1-10,15-16H,11H2,(H,19,24)/t15-,16-/m1/s1. The molecule has 0 aliphatic carbocycles. The highest BCUT2D eigenvalue weighted by Gasteiger charge is 2.55. The highest BCUT2D eigenvalue weighted by atomic mass is 16.2. The quantitative estimate of drug-likeness (QED) is 0.849. The van der Waals surface area contributed by atoms with E-state index in [1.807, 2.05) is 6.07 Å². The third-order valence-corrected chi connectivity index (χ3v) is 4.24. The number of carbonyl (C=O) groups excluding carboxylic acids is 3. The van der Waals surface area contributed by atoms with Crippen molar-refractivity contribution in [1.29, 1.82) is 0 Å². The molecule has 1 N–H and O–H groups in total. The minimum Gasteiger partial charge on any atom is -0.324 e. The number of hydrogen-bond donors (Lipinski definition) is 1. The highest BCUT2D eigenvalue weighted by molar-refractivity contribution is 6.25. The molecule has 2 aromatic rings. The molecule has 8 nitrogen and oxygen atoms in total. The average Bonchev–Trinajstić information content (AvgIpc) is 3.17. The molecule has 4 rings (SSSR count). The van der Waals surface area contributed by atoms with Gasteiger partial charge < -0.3 is 5.32 Å². The van der Waals surface area contributed by atoms with Gasteiger partial charge in [-0.05, 0) is 24.3 Å². The molecule has 130 valence electrons. The van der Waals surface area contributed by atoms with Crippen LogP contribution in [0.3, 0.4) is 0 Å². The lowest BCUT2D eigenvalue weighted by atomic mass is 10.1. The zero-order chi connectivity index (χ0) is 18.1. The van der Waals surface area contributed by atoms with Gasteiger partial charge in [0.25, 0.3) is 11.8 Å².